The second-order valence-corrected chi connectivity index (χ2v) is 8.74. The molecule has 0 amide bonds. The fraction of sp³-hybridized carbons (Fsp3) is 0.833. The molecule has 4 nitrogen and oxygen atoms in total. The van der Waals surface area contributed by atoms with Gasteiger partial charge in [0.25, 0.3) is 0 Å². The van der Waals surface area contributed by atoms with Gasteiger partial charge in [0.15, 0.2) is 8.87 Å². The van der Waals surface area contributed by atoms with Gasteiger partial charge in [-0.25, -0.2) is 8.42 Å². The number of rotatable bonds is 5. The molecule has 80 valence electrons. The van der Waals surface area contributed by atoms with Gasteiger partial charge in [0.2, 0.25) is 13.7 Å². The van der Waals surface area contributed by atoms with E-state index in [1.54, 1.807) is 6.92 Å². The van der Waals surface area contributed by atoms with Gasteiger partial charge in [-0.1, -0.05) is 28.6 Å². The molecule has 1 atom stereocenters. The molecule has 0 bridgehead atoms. The minimum absolute atomic E-state index is 0.0898. The zero-order chi connectivity index (χ0) is 11.4. The van der Waals surface area contributed by atoms with Crippen molar-refractivity contribution in [2.24, 2.45) is 0 Å². The second-order valence-electron chi connectivity index (χ2n) is 2.74. The van der Waals surface area contributed by atoms with Gasteiger partial charge in [-0.2, -0.15) is 0 Å². The molecule has 0 saturated heterocycles. The summed E-state index contributed by atoms with van der Waals surface area (Å²) in [5.41, 5.74) is 0. The number of carbonyl (C=O) groups excluding carboxylic acids is 1. The molecular weight excluding hydrogens is 242 g/mol. The Kier molecular flexibility index (Phi) is 5.48. The monoisotopic (exact) mass is 253 g/mol. The zero-order valence-electron chi connectivity index (χ0n) is 7.94. The van der Waals surface area contributed by atoms with Crippen LogP contribution in [0.4, 0.5) is 4.79 Å². The van der Waals surface area contributed by atoms with Crippen LogP contribution in [0.1, 0.15) is 13.3 Å². The minimum atomic E-state index is -3.21. The van der Waals surface area contributed by atoms with E-state index >= 15 is 0 Å². The Labute approximate surface area is 91.5 Å². The highest BCUT2D eigenvalue weighted by Crippen LogP contribution is 2.39. The number of carbonyl (C=O) groups is 1. The minimum Gasteiger partial charge on any atom is -0.536 e. The first-order chi connectivity index (χ1) is 6.18. The molecule has 0 aromatic carbocycles. The third kappa shape index (κ3) is 6.68. The van der Waals surface area contributed by atoms with Crippen molar-refractivity contribution in [3.63, 3.8) is 0 Å². The maximum absolute atomic E-state index is 11.0. The van der Waals surface area contributed by atoms with E-state index in [1.807, 2.05) is 0 Å². The molecule has 14 heavy (non-hydrogen) atoms. The summed E-state index contributed by atoms with van der Waals surface area (Å²) in [6.07, 6.45) is 1.57. The third-order valence-electron chi connectivity index (χ3n) is 1.33. The summed E-state index contributed by atoms with van der Waals surface area (Å²) in [6, 6.07) is 0. The van der Waals surface area contributed by atoms with Gasteiger partial charge >= 0.3 is 0 Å². The van der Waals surface area contributed by atoms with Crippen molar-refractivity contribution < 1.29 is 17.9 Å². The van der Waals surface area contributed by atoms with Gasteiger partial charge in [-0.15, -0.1) is 0 Å². The second kappa shape index (κ2) is 5.38. The third-order valence-corrected chi connectivity index (χ3v) is 5.47. The molecule has 0 N–H and O–H groups in total. The summed E-state index contributed by atoms with van der Waals surface area (Å²) in [5.74, 6) is -0.921. The fourth-order valence-corrected chi connectivity index (χ4v) is 5.14. The molecule has 0 aliphatic heterocycles. The normalized spacial score (nSPS) is 15.9. The number of hydrogen-bond donors (Lipinski definition) is 0. The average molecular weight is 253 g/mol. The van der Waals surface area contributed by atoms with Gasteiger partial charge in [0.05, 0.1) is 6.61 Å². The molecule has 0 heterocycles. The van der Waals surface area contributed by atoms with Crippen LogP contribution < -0.4 is 0 Å². The molecule has 0 rings (SSSR count). The molecule has 0 aromatic heterocycles. The van der Waals surface area contributed by atoms with E-state index in [2.05, 4.69) is 14.0 Å². The molecule has 2 radical (unpaired) electrons. The van der Waals surface area contributed by atoms with Gasteiger partial charge in [0, 0.05) is 6.26 Å². The standard InChI is InChI=1S/C6H11BO4PS2/c1-3-6(12,4-11-5(7)8)13-14(2,9)10/h12H,3-4H2,1-2H3/q-1. The van der Waals surface area contributed by atoms with Crippen molar-refractivity contribution in [3.05, 3.63) is 0 Å². The SMILES string of the molecule is [B]C(=O)OCC([PH-])(CC)SS(C)(=O)=O. The van der Waals surface area contributed by atoms with Crippen LogP contribution in [0, 0.1) is 0 Å². The maximum atomic E-state index is 11.0. The van der Waals surface area contributed by atoms with Gasteiger partial charge < -0.3 is 14.0 Å². The zero-order valence-corrected chi connectivity index (χ0v) is 10.6. The lowest BCUT2D eigenvalue weighted by molar-refractivity contribution is 0.170. The van der Waals surface area contributed by atoms with E-state index in [-0.39, 0.29) is 6.61 Å². The van der Waals surface area contributed by atoms with Crippen molar-refractivity contribution >= 4 is 42.6 Å². The summed E-state index contributed by atoms with van der Waals surface area (Å²) in [6.45, 7) is 1.68. The van der Waals surface area contributed by atoms with E-state index in [1.165, 1.54) is 0 Å². The van der Waals surface area contributed by atoms with Gasteiger partial charge in [0.1, 0.15) is 0 Å². The van der Waals surface area contributed by atoms with Crippen molar-refractivity contribution in [2.45, 2.75) is 17.8 Å². The van der Waals surface area contributed by atoms with Crippen LogP contribution in [0.3, 0.4) is 0 Å². The largest absolute Gasteiger partial charge is 0.536 e. The van der Waals surface area contributed by atoms with Crippen LogP contribution in [-0.4, -0.2) is 39.5 Å². The molecule has 0 spiro atoms. The Bertz CT molecular complexity index is 305. The molecule has 8 heteroatoms. The first-order valence-electron chi connectivity index (χ1n) is 3.76. The molecule has 0 fully saturated rings. The highest BCUT2D eigenvalue weighted by molar-refractivity contribution is 8.73. The molecule has 1 unspecified atom stereocenters. The summed E-state index contributed by atoms with van der Waals surface area (Å²) in [5, 5.41) is 0. The molecule has 0 saturated carbocycles. The fourth-order valence-electron chi connectivity index (χ4n) is 0.663. The Hall–Kier alpha value is 0.265. The lowest BCUT2D eigenvalue weighted by Gasteiger charge is -2.34. The summed E-state index contributed by atoms with van der Waals surface area (Å²) >= 11 is 0. The van der Waals surface area contributed by atoms with E-state index in [4.69, 9.17) is 7.85 Å². The average Bonchev–Trinajstić information content (AvgIpc) is 1.98. The Morgan fingerprint density at radius 1 is 1.64 bits per heavy atom. The van der Waals surface area contributed by atoms with Gasteiger partial charge in [-0.3, -0.25) is 4.79 Å². The van der Waals surface area contributed by atoms with Crippen LogP contribution in [0.5, 0.6) is 0 Å². The lowest BCUT2D eigenvalue weighted by atomic mass is 10.2. The van der Waals surface area contributed by atoms with E-state index in [0.29, 0.717) is 17.2 Å². The number of ether oxygens (including phenoxy) is 1. The first-order valence-corrected chi connectivity index (χ1v) is 7.49. The quantitative estimate of drug-likeness (QED) is 0.419. The Morgan fingerprint density at radius 2 is 2.14 bits per heavy atom. The van der Waals surface area contributed by atoms with E-state index in [9.17, 15) is 13.2 Å². The van der Waals surface area contributed by atoms with Crippen molar-refractivity contribution in [2.75, 3.05) is 12.9 Å². The maximum Gasteiger partial charge on any atom is 0.235 e. The van der Waals surface area contributed by atoms with E-state index in [0.717, 1.165) is 6.26 Å². The first kappa shape index (κ1) is 14.3. The van der Waals surface area contributed by atoms with Crippen molar-refractivity contribution in [1.29, 1.82) is 0 Å². The Morgan fingerprint density at radius 3 is 2.43 bits per heavy atom. The highest BCUT2D eigenvalue weighted by Gasteiger charge is 2.21. The molecule has 0 aliphatic carbocycles. The summed E-state index contributed by atoms with van der Waals surface area (Å²) in [4.78, 5) is 10.3. The van der Waals surface area contributed by atoms with Crippen LogP contribution in [0.15, 0.2) is 0 Å². The van der Waals surface area contributed by atoms with Crippen LogP contribution >= 0.6 is 20.0 Å². The van der Waals surface area contributed by atoms with Gasteiger partial charge in [-0.05, 0) is 0 Å². The van der Waals surface area contributed by atoms with Crippen LogP contribution in [-0.2, 0) is 13.6 Å². The lowest BCUT2D eigenvalue weighted by Crippen LogP contribution is -2.25. The predicted molar refractivity (Wildman–Crippen MR) is 60.9 cm³/mol. The van der Waals surface area contributed by atoms with E-state index < -0.39 is 19.2 Å². The Balaban J connectivity index is 4.40. The van der Waals surface area contributed by atoms with Crippen LogP contribution in [0.25, 0.3) is 0 Å². The highest BCUT2D eigenvalue weighted by atomic mass is 33.1. The molecule has 0 aromatic rings. The molecule has 0 aliphatic rings. The number of hydrogen-bond acceptors (Lipinski definition) is 5. The molecular formula is C6H11BO4PS2-. The smallest absolute Gasteiger partial charge is 0.235 e. The summed E-state index contributed by atoms with van der Waals surface area (Å²) in [7, 11) is 5.52. The van der Waals surface area contributed by atoms with Crippen molar-refractivity contribution in [3.8, 4) is 0 Å². The predicted octanol–water partition coefficient (Wildman–Crippen LogP) is 1.23. The topological polar surface area (TPSA) is 60.4 Å². The van der Waals surface area contributed by atoms with Crippen molar-refractivity contribution in [1.82, 2.24) is 0 Å². The summed E-state index contributed by atoms with van der Waals surface area (Å²) < 4.78 is 25.7. The van der Waals surface area contributed by atoms with Crippen LogP contribution in [0.2, 0.25) is 0 Å².